The van der Waals surface area contributed by atoms with Crippen molar-refractivity contribution in [3.63, 3.8) is 0 Å². The number of fused-ring (bicyclic) bond motifs is 1. The van der Waals surface area contributed by atoms with Crippen molar-refractivity contribution in [1.29, 1.82) is 0 Å². The fourth-order valence-electron chi connectivity index (χ4n) is 4.81. The van der Waals surface area contributed by atoms with Gasteiger partial charge < -0.3 is 9.47 Å². The number of carbonyl (C=O) groups excluding carboxylic acids is 1. The highest BCUT2D eigenvalue weighted by atomic mass is 35.5. The van der Waals surface area contributed by atoms with E-state index in [2.05, 4.69) is 28.8 Å². The van der Waals surface area contributed by atoms with Gasteiger partial charge in [-0.25, -0.2) is 14.4 Å². The Morgan fingerprint density at radius 2 is 1.73 bits per heavy atom. The van der Waals surface area contributed by atoms with Gasteiger partial charge in [-0.15, -0.1) is 0 Å². The maximum Gasteiger partial charge on any atom is 0.411 e. The molecule has 41 heavy (non-hydrogen) atoms. The molecule has 0 saturated heterocycles. The number of Topliss-reactive ketones (excluding diaryl/α,β-unsaturated/α-hetero) is 1. The molecule has 0 fully saturated rings. The lowest BCUT2D eigenvalue weighted by Crippen LogP contribution is -2.21. The molecule has 0 saturated carbocycles. The molecule has 1 aliphatic carbocycles. The quantitative estimate of drug-likeness (QED) is 0.138. The summed E-state index contributed by atoms with van der Waals surface area (Å²) in [4.78, 5) is 25.5. The summed E-state index contributed by atoms with van der Waals surface area (Å²) in [6.07, 6.45) is 1.22. The summed E-state index contributed by atoms with van der Waals surface area (Å²) in [7, 11) is 0. The summed E-state index contributed by atoms with van der Waals surface area (Å²) in [5.41, 5.74) is 4.26. The molecule has 0 radical (unpaired) electrons. The van der Waals surface area contributed by atoms with Crippen LogP contribution in [0.5, 0.6) is 11.8 Å². The molecule has 1 aliphatic rings. The number of ether oxygens (including phenoxy) is 2. The van der Waals surface area contributed by atoms with E-state index in [4.69, 9.17) is 21.1 Å². The smallest absolute Gasteiger partial charge is 0.411 e. The van der Waals surface area contributed by atoms with E-state index in [0.29, 0.717) is 48.0 Å². The average Bonchev–Trinajstić information content (AvgIpc) is 2.93. The lowest BCUT2D eigenvalue weighted by atomic mass is 9.76. The second-order valence-electron chi connectivity index (χ2n) is 10.3. The first-order valence-electron chi connectivity index (χ1n) is 13.8. The van der Waals surface area contributed by atoms with Crippen LogP contribution in [0.15, 0.2) is 29.1 Å². The van der Waals surface area contributed by atoms with Gasteiger partial charge in [-0.05, 0) is 73.3 Å². The van der Waals surface area contributed by atoms with Crippen molar-refractivity contribution in [3.05, 3.63) is 56.9 Å². The molecule has 2 heterocycles. The van der Waals surface area contributed by atoms with E-state index >= 15 is 4.39 Å². The summed E-state index contributed by atoms with van der Waals surface area (Å²) < 4.78 is 64.3. The molecular formula is C30H36ClF4N3O3. The first-order chi connectivity index (χ1) is 19.3. The van der Waals surface area contributed by atoms with E-state index < -0.39 is 31.1 Å². The maximum absolute atomic E-state index is 16.2. The lowest BCUT2D eigenvalue weighted by molar-refractivity contribution is -0.176. The molecule has 2 aromatic heterocycles. The normalized spacial score (nSPS) is 15.8. The monoisotopic (exact) mass is 597 g/mol. The zero-order valence-electron chi connectivity index (χ0n) is 24.2. The van der Waals surface area contributed by atoms with Crippen LogP contribution in [0.25, 0.3) is 5.57 Å². The Kier molecular flexibility index (Phi) is 11.1. The van der Waals surface area contributed by atoms with Crippen LogP contribution >= 0.6 is 11.6 Å². The lowest BCUT2D eigenvalue weighted by Gasteiger charge is -2.28. The Bertz CT molecular complexity index is 1340. The number of nitrogens with zero attached hydrogens (tertiary/aromatic N) is 3. The minimum Gasteiger partial charge on any atom is -0.417 e. The second-order valence-corrected chi connectivity index (χ2v) is 10.6. The van der Waals surface area contributed by atoms with Gasteiger partial charge in [-0.2, -0.15) is 18.2 Å². The van der Waals surface area contributed by atoms with E-state index in [9.17, 15) is 18.0 Å². The zero-order chi connectivity index (χ0) is 30.5. The highest BCUT2D eigenvalue weighted by Crippen LogP contribution is 2.43. The number of carbonyl (C=O) groups is 1. The summed E-state index contributed by atoms with van der Waals surface area (Å²) >= 11 is 5.90. The van der Waals surface area contributed by atoms with Gasteiger partial charge in [0.15, 0.2) is 11.6 Å². The van der Waals surface area contributed by atoms with E-state index in [1.807, 2.05) is 27.7 Å². The van der Waals surface area contributed by atoms with Gasteiger partial charge in [0.25, 0.3) is 5.88 Å². The van der Waals surface area contributed by atoms with E-state index in [1.165, 1.54) is 6.20 Å². The Morgan fingerprint density at radius 3 is 2.34 bits per heavy atom. The first-order valence-corrected chi connectivity index (χ1v) is 14.2. The average molecular weight is 598 g/mol. The Balaban J connectivity index is 2.11. The van der Waals surface area contributed by atoms with Gasteiger partial charge in [0.05, 0.1) is 12.2 Å². The number of aryl methyl sites for hydroxylation is 1. The number of allylic oxidation sites excluding steroid dienone is 4. The number of halogens is 5. The third kappa shape index (κ3) is 7.71. The molecule has 0 aliphatic heterocycles. The molecular weight excluding hydrogens is 562 g/mol. The SMILES string of the molecule is CCC1=C(/C(C(=O)C(C)CC)=C(\C)C(C)CC)CCc2cnc(Oc3nc(Cl)ncc3COCC(F)(F)F)c(F)c21. The highest BCUT2D eigenvalue weighted by Gasteiger charge is 2.32. The van der Waals surface area contributed by atoms with Crippen molar-refractivity contribution in [2.24, 2.45) is 11.8 Å². The molecule has 0 N–H and O–H groups in total. The Labute approximate surface area is 243 Å². The van der Waals surface area contributed by atoms with Crippen molar-refractivity contribution in [3.8, 4) is 11.8 Å². The molecule has 11 heteroatoms. The molecule has 2 unspecified atom stereocenters. The predicted molar refractivity (Wildman–Crippen MR) is 149 cm³/mol. The minimum absolute atomic E-state index is 0.0399. The second kappa shape index (κ2) is 13.9. The number of ketones is 1. The highest BCUT2D eigenvalue weighted by molar-refractivity contribution is 6.28. The van der Waals surface area contributed by atoms with Crippen LogP contribution < -0.4 is 4.74 Å². The molecule has 0 aromatic carbocycles. The fraction of sp³-hybridized carbons (Fsp3) is 0.533. The van der Waals surface area contributed by atoms with Crippen LogP contribution in [0.4, 0.5) is 17.6 Å². The molecule has 2 atom stereocenters. The van der Waals surface area contributed by atoms with Crippen molar-refractivity contribution < 1.29 is 31.8 Å². The number of pyridine rings is 1. The van der Waals surface area contributed by atoms with Crippen LogP contribution in [-0.4, -0.2) is 33.5 Å². The molecule has 224 valence electrons. The zero-order valence-corrected chi connectivity index (χ0v) is 25.0. The third-order valence-corrected chi connectivity index (χ3v) is 7.78. The van der Waals surface area contributed by atoms with E-state index in [-0.39, 0.29) is 34.3 Å². The van der Waals surface area contributed by atoms with Crippen LogP contribution in [-0.2, 0) is 22.6 Å². The van der Waals surface area contributed by atoms with Gasteiger partial charge in [-0.1, -0.05) is 40.2 Å². The van der Waals surface area contributed by atoms with Gasteiger partial charge in [0, 0.05) is 29.4 Å². The number of hydrogen-bond donors (Lipinski definition) is 0. The molecule has 0 bridgehead atoms. The summed E-state index contributed by atoms with van der Waals surface area (Å²) in [5.74, 6) is -1.38. The fourth-order valence-corrected chi connectivity index (χ4v) is 4.94. The van der Waals surface area contributed by atoms with E-state index in [0.717, 1.165) is 23.8 Å². The van der Waals surface area contributed by atoms with E-state index in [1.54, 1.807) is 0 Å². The van der Waals surface area contributed by atoms with Crippen LogP contribution in [0.1, 0.15) is 83.9 Å². The van der Waals surface area contributed by atoms with Gasteiger partial charge in [0.2, 0.25) is 11.2 Å². The number of aromatic nitrogens is 3. The molecule has 6 nitrogen and oxygen atoms in total. The maximum atomic E-state index is 16.2. The third-order valence-electron chi connectivity index (χ3n) is 7.60. The van der Waals surface area contributed by atoms with Gasteiger partial charge in [0.1, 0.15) is 6.61 Å². The number of alkyl halides is 3. The topological polar surface area (TPSA) is 74.2 Å². The minimum atomic E-state index is -4.53. The largest absolute Gasteiger partial charge is 0.417 e. The summed E-state index contributed by atoms with van der Waals surface area (Å²) in [6.45, 7) is 9.91. The van der Waals surface area contributed by atoms with Crippen molar-refractivity contribution in [2.75, 3.05) is 6.61 Å². The van der Waals surface area contributed by atoms with Gasteiger partial charge >= 0.3 is 6.18 Å². The van der Waals surface area contributed by atoms with Crippen LogP contribution in [0.3, 0.4) is 0 Å². The molecule has 3 rings (SSSR count). The van der Waals surface area contributed by atoms with Crippen LogP contribution in [0.2, 0.25) is 5.28 Å². The predicted octanol–water partition coefficient (Wildman–Crippen LogP) is 8.62. The number of rotatable bonds is 12. The first kappa shape index (κ1) is 32.7. The molecule has 2 aromatic rings. The standard InChI is InChI=1S/C30H36ClF4N3O3/c1-7-16(4)18(6)23(26(39)17(5)8-2)22-11-10-19-12-36-28(25(32)24(19)21(22)9-3)41-27-20(13-37-29(31)38-27)14-40-15-30(33,34)35/h12-13,16-17H,7-11,14-15H2,1-6H3/b23-18-. The van der Waals surface area contributed by atoms with Crippen LogP contribution in [0, 0.1) is 17.7 Å². The molecule has 0 spiro atoms. The summed E-state index contributed by atoms with van der Waals surface area (Å²) in [6, 6.07) is 0. The van der Waals surface area contributed by atoms with Gasteiger partial charge in [-0.3, -0.25) is 4.79 Å². The van der Waals surface area contributed by atoms with Crippen molar-refractivity contribution in [1.82, 2.24) is 15.0 Å². The van der Waals surface area contributed by atoms with Crippen molar-refractivity contribution >= 4 is 23.0 Å². The summed E-state index contributed by atoms with van der Waals surface area (Å²) in [5, 5.41) is -0.242. The number of hydrogen-bond acceptors (Lipinski definition) is 6. The Hall–Kier alpha value is -2.85. The van der Waals surface area contributed by atoms with Crippen molar-refractivity contribution in [2.45, 2.75) is 86.4 Å². The Morgan fingerprint density at radius 1 is 1.05 bits per heavy atom. The molecule has 0 amide bonds.